The van der Waals surface area contributed by atoms with Crippen LogP contribution in [0.15, 0.2) is 91.3 Å². The van der Waals surface area contributed by atoms with Gasteiger partial charge < -0.3 is 10.4 Å². The maximum absolute atomic E-state index is 15.1. The number of nitrogens with zero attached hydrogens (tertiary/aromatic N) is 2. The number of carboxylic acids is 1. The Morgan fingerprint density at radius 3 is 2.17 bits per heavy atom. The Labute approximate surface area is 283 Å². The van der Waals surface area contributed by atoms with E-state index < -0.39 is 23.8 Å². The molecule has 0 radical (unpaired) electrons. The van der Waals surface area contributed by atoms with Gasteiger partial charge in [-0.2, -0.15) is 0 Å². The van der Waals surface area contributed by atoms with Gasteiger partial charge in [0.1, 0.15) is 11.9 Å². The smallest absolute Gasteiger partial charge is 0.325 e. The Kier molecular flexibility index (Phi) is 10.3. The maximum atomic E-state index is 15.1. The molecule has 0 unspecified atom stereocenters. The molecule has 246 valence electrons. The third-order valence-electron chi connectivity index (χ3n) is 8.13. The fourth-order valence-corrected chi connectivity index (χ4v) is 6.32. The molecule has 0 aliphatic heterocycles. The first-order valence-electron chi connectivity index (χ1n) is 15.7. The molecule has 2 aromatic heterocycles. The number of thiophene rings is 1. The van der Waals surface area contributed by atoms with Crippen LogP contribution in [0.1, 0.15) is 59.8 Å². The molecule has 5 rings (SSSR count). The maximum Gasteiger partial charge on any atom is 0.325 e. The van der Waals surface area contributed by atoms with Crippen LogP contribution in [0.5, 0.6) is 0 Å². The quantitative estimate of drug-likeness (QED) is 0.138. The molecule has 0 bridgehead atoms. The molecular formula is C39H38FN3O4S. The van der Waals surface area contributed by atoms with E-state index in [9.17, 15) is 19.5 Å². The molecule has 0 saturated carbocycles. The molecule has 2 atom stereocenters. The minimum absolute atomic E-state index is 0.0544. The summed E-state index contributed by atoms with van der Waals surface area (Å²) in [4.78, 5) is 48.5. The lowest BCUT2D eigenvalue weighted by Crippen LogP contribution is -2.42. The Hall–Kier alpha value is -5.02. The molecule has 48 heavy (non-hydrogen) atoms. The Morgan fingerprint density at radius 2 is 1.56 bits per heavy atom. The summed E-state index contributed by atoms with van der Waals surface area (Å²) in [6, 6.07) is 22.8. The summed E-state index contributed by atoms with van der Waals surface area (Å²) in [7, 11) is 0. The lowest BCUT2D eigenvalue weighted by molar-refractivity contribution is -0.141. The number of ketones is 1. The minimum atomic E-state index is -1.15. The number of halogens is 1. The zero-order chi connectivity index (χ0) is 34.6. The largest absolute Gasteiger partial charge is 0.480 e. The summed E-state index contributed by atoms with van der Waals surface area (Å²) < 4.78 is 15.1. The number of Topliss-reactive ketones (excluding diaryl/α,β-unsaturated/α-hetero) is 1. The van der Waals surface area contributed by atoms with Crippen molar-refractivity contribution in [3.8, 4) is 33.6 Å². The number of hydrogen-bond acceptors (Lipinski definition) is 6. The van der Waals surface area contributed by atoms with Crippen LogP contribution >= 0.6 is 11.3 Å². The van der Waals surface area contributed by atoms with E-state index >= 15 is 4.39 Å². The van der Waals surface area contributed by atoms with Crippen molar-refractivity contribution >= 4 is 29.0 Å². The average molecular weight is 664 g/mol. The summed E-state index contributed by atoms with van der Waals surface area (Å²) in [5, 5.41) is 11.9. The Morgan fingerprint density at radius 1 is 0.875 bits per heavy atom. The van der Waals surface area contributed by atoms with Crippen molar-refractivity contribution in [2.45, 2.75) is 58.9 Å². The summed E-state index contributed by atoms with van der Waals surface area (Å²) in [6.07, 6.45) is 3.50. The molecule has 0 spiro atoms. The number of amides is 1. The SMILES string of the molecule is Cc1cccc(-c2ccc(-c3cnc(-c4ccc(C[C@H](CC(=O)c5ccc(C(C)(C)C)s5)C(=O)N[C@H](C)C(=O)O)cc4)nc3)cc2F)c1. The van der Waals surface area contributed by atoms with Crippen molar-refractivity contribution in [3.63, 3.8) is 0 Å². The van der Waals surface area contributed by atoms with Gasteiger partial charge in [-0.25, -0.2) is 14.4 Å². The van der Waals surface area contributed by atoms with Crippen LogP contribution in [0.2, 0.25) is 0 Å². The number of hydrogen-bond donors (Lipinski definition) is 2. The van der Waals surface area contributed by atoms with Crippen LogP contribution in [-0.4, -0.2) is 38.8 Å². The molecule has 0 saturated heterocycles. The van der Waals surface area contributed by atoms with Crippen LogP contribution < -0.4 is 5.32 Å². The van der Waals surface area contributed by atoms with Gasteiger partial charge >= 0.3 is 5.97 Å². The monoisotopic (exact) mass is 663 g/mol. The number of nitrogens with one attached hydrogen (secondary N) is 1. The molecule has 0 aliphatic carbocycles. The number of aliphatic carboxylic acids is 1. The third-order valence-corrected chi connectivity index (χ3v) is 9.68. The highest BCUT2D eigenvalue weighted by Crippen LogP contribution is 2.32. The predicted molar refractivity (Wildman–Crippen MR) is 187 cm³/mol. The fraction of sp³-hybridized carbons (Fsp3) is 0.256. The molecule has 3 aromatic carbocycles. The highest BCUT2D eigenvalue weighted by Gasteiger charge is 2.27. The number of aromatic nitrogens is 2. The van der Waals surface area contributed by atoms with E-state index in [1.54, 1.807) is 24.5 Å². The number of carbonyl (C=O) groups is 3. The molecule has 7 nitrogen and oxygen atoms in total. The van der Waals surface area contributed by atoms with Gasteiger partial charge in [-0.05, 0) is 60.6 Å². The van der Waals surface area contributed by atoms with E-state index in [4.69, 9.17) is 0 Å². The average Bonchev–Trinajstić information content (AvgIpc) is 3.57. The topological polar surface area (TPSA) is 109 Å². The van der Waals surface area contributed by atoms with E-state index in [1.165, 1.54) is 24.3 Å². The molecule has 2 N–H and O–H groups in total. The van der Waals surface area contributed by atoms with Crippen LogP contribution in [0.4, 0.5) is 4.39 Å². The third kappa shape index (κ3) is 8.27. The number of rotatable bonds is 11. The Bertz CT molecular complexity index is 1950. The predicted octanol–water partition coefficient (Wildman–Crippen LogP) is 8.31. The minimum Gasteiger partial charge on any atom is -0.480 e. The zero-order valence-electron chi connectivity index (χ0n) is 27.6. The van der Waals surface area contributed by atoms with Crippen LogP contribution in [-0.2, 0) is 21.4 Å². The number of carboxylic acid groups (broad SMARTS) is 1. The van der Waals surface area contributed by atoms with Gasteiger partial charge in [-0.15, -0.1) is 11.3 Å². The van der Waals surface area contributed by atoms with Crippen molar-refractivity contribution in [1.29, 1.82) is 0 Å². The first-order valence-corrected chi connectivity index (χ1v) is 16.5. The van der Waals surface area contributed by atoms with E-state index in [0.29, 0.717) is 27.4 Å². The number of aryl methyl sites for hydroxylation is 1. The second-order valence-corrected chi connectivity index (χ2v) is 14.2. The van der Waals surface area contributed by atoms with Crippen LogP contribution in [0, 0.1) is 18.7 Å². The molecule has 1 amide bonds. The van der Waals surface area contributed by atoms with E-state index in [0.717, 1.165) is 27.1 Å². The summed E-state index contributed by atoms with van der Waals surface area (Å²) in [5.41, 5.74) is 5.20. The van der Waals surface area contributed by atoms with Crippen LogP contribution in [0.3, 0.4) is 0 Å². The van der Waals surface area contributed by atoms with Gasteiger partial charge in [0.15, 0.2) is 11.6 Å². The molecular weight excluding hydrogens is 626 g/mol. The van der Waals surface area contributed by atoms with Crippen molar-refractivity contribution in [1.82, 2.24) is 15.3 Å². The second kappa shape index (κ2) is 14.4. The van der Waals surface area contributed by atoms with Gasteiger partial charge in [-0.1, -0.05) is 87.0 Å². The highest BCUT2D eigenvalue weighted by atomic mass is 32.1. The lowest BCUT2D eigenvalue weighted by Gasteiger charge is -2.18. The second-order valence-electron chi connectivity index (χ2n) is 13.1. The van der Waals surface area contributed by atoms with Crippen molar-refractivity contribution in [3.05, 3.63) is 118 Å². The van der Waals surface area contributed by atoms with Gasteiger partial charge in [0.25, 0.3) is 0 Å². The zero-order valence-corrected chi connectivity index (χ0v) is 28.4. The van der Waals surface area contributed by atoms with Gasteiger partial charge in [-0.3, -0.25) is 14.4 Å². The molecule has 0 aliphatic rings. The molecule has 9 heteroatoms. The fourth-order valence-electron chi connectivity index (χ4n) is 5.31. The molecule has 0 fully saturated rings. The van der Waals surface area contributed by atoms with Gasteiger partial charge in [0, 0.05) is 46.3 Å². The normalized spacial score (nSPS) is 12.7. The number of benzene rings is 3. The van der Waals surface area contributed by atoms with Crippen LogP contribution in [0.25, 0.3) is 33.6 Å². The van der Waals surface area contributed by atoms with Gasteiger partial charge in [0.05, 0.1) is 4.88 Å². The summed E-state index contributed by atoms with van der Waals surface area (Å²) in [5.74, 6) is -2.41. The standard InChI is InChI=1S/C39H38FN3O4S/c1-23-7-6-8-28(17-23)31-14-13-27(19-32(31)40)30-21-41-36(42-22-30)26-11-9-25(10-12-26)18-29(37(45)43-24(2)38(46)47)20-33(44)34-15-16-35(48-34)39(3,4)5/h6-17,19,21-22,24,29H,18,20H2,1-5H3,(H,43,45)(H,46,47)/t24-,29-/m1/s1. The van der Waals surface area contributed by atoms with Crippen molar-refractivity contribution < 1.29 is 23.9 Å². The first kappa shape index (κ1) is 34.3. The van der Waals surface area contributed by atoms with Crippen molar-refractivity contribution in [2.75, 3.05) is 0 Å². The van der Waals surface area contributed by atoms with E-state index in [2.05, 4.69) is 36.1 Å². The number of carbonyl (C=O) groups excluding carboxylic acids is 2. The molecule has 2 heterocycles. The summed E-state index contributed by atoms with van der Waals surface area (Å²) >= 11 is 1.42. The van der Waals surface area contributed by atoms with E-state index in [1.807, 2.05) is 67.6 Å². The van der Waals surface area contributed by atoms with Crippen molar-refractivity contribution in [2.24, 2.45) is 5.92 Å². The Balaban J connectivity index is 1.30. The highest BCUT2D eigenvalue weighted by molar-refractivity contribution is 7.14. The first-order chi connectivity index (χ1) is 22.8. The molecule has 5 aromatic rings. The van der Waals surface area contributed by atoms with E-state index in [-0.39, 0.29) is 29.9 Å². The summed E-state index contributed by atoms with van der Waals surface area (Å²) in [6.45, 7) is 9.59. The lowest BCUT2D eigenvalue weighted by atomic mass is 9.92. The van der Waals surface area contributed by atoms with Gasteiger partial charge in [0.2, 0.25) is 5.91 Å².